The maximum atomic E-state index is 11.6. The van der Waals surface area contributed by atoms with E-state index in [0.717, 1.165) is 19.4 Å². The van der Waals surface area contributed by atoms with E-state index in [9.17, 15) is 4.79 Å². The maximum Gasteiger partial charge on any atom is 0.237 e. The Morgan fingerprint density at radius 2 is 2.28 bits per heavy atom. The van der Waals surface area contributed by atoms with Crippen LogP contribution in [0, 0.1) is 0 Å². The Balaban J connectivity index is 2.46. The van der Waals surface area contributed by atoms with Crippen LogP contribution < -0.4 is 11.1 Å². The SMILES string of the molecule is CCNC1(C(N)=O)CCC(OC(C)COCC)C1. The summed E-state index contributed by atoms with van der Waals surface area (Å²) in [7, 11) is 0. The van der Waals surface area contributed by atoms with Crippen LogP contribution in [0.5, 0.6) is 0 Å². The van der Waals surface area contributed by atoms with Crippen molar-refractivity contribution < 1.29 is 14.3 Å². The topological polar surface area (TPSA) is 73.6 Å². The second-order valence-corrected chi connectivity index (χ2v) is 4.95. The number of rotatable bonds is 8. The van der Waals surface area contributed by atoms with Crippen LogP contribution in [0.25, 0.3) is 0 Å². The average molecular weight is 258 g/mol. The zero-order valence-electron chi connectivity index (χ0n) is 11.7. The van der Waals surface area contributed by atoms with Gasteiger partial charge in [0.15, 0.2) is 0 Å². The molecular weight excluding hydrogens is 232 g/mol. The average Bonchev–Trinajstić information content (AvgIpc) is 2.71. The maximum absolute atomic E-state index is 11.6. The summed E-state index contributed by atoms with van der Waals surface area (Å²) >= 11 is 0. The van der Waals surface area contributed by atoms with Gasteiger partial charge in [0.05, 0.1) is 18.8 Å². The lowest BCUT2D eigenvalue weighted by molar-refractivity contribution is -0.125. The van der Waals surface area contributed by atoms with Crippen molar-refractivity contribution in [3.8, 4) is 0 Å². The summed E-state index contributed by atoms with van der Waals surface area (Å²) in [6, 6.07) is 0. The summed E-state index contributed by atoms with van der Waals surface area (Å²) in [5, 5.41) is 3.22. The van der Waals surface area contributed by atoms with Gasteiger partial charge in [-0.15, -0.1) is 0 Å². The van der Waals surface area contributed by atoms with Crippen molar-refractivity contribution in [2.45, 2.75) is 57.8 Å². The van der Waals surface area contributed by atoms with Gasteiger partial charge in [-0.05, 0) is 33.2 Å². The number of likely N-dealkylation sites (N-methyl/N-ethyl adjacent to an activating group) is 1. The molecule has 1 fully saturated rings. The molecule has 0 aliphatic heterocycles. The summed E-state index contributed by atoms with van der Waals surface area (Å²) in [6.07, 6.45) is 2.42. The molecule has 1 rings (SSSR count). The van der Waals surface area contributed by atoms with Crippen LogP contribution in [-0.2, 0) is 14.3 Å². The molecule has 1 amide bonds. The Morgan fingerprint density at radius 3 is 2.83 bits per heavy atom. The number of hydrogen-bond acceptors (Lipinski definition) is 4. The Labute approximate surface area is 109 Å². The van der Waals surface area contributed by atoms with Gasteiger partial charge in [-0.25, -0.2) is 0 Å². The normalized spacial score (nSPS) is 29.4. The number of ether oxygens (including phenoxy) is 2. The van der Waals surface area contributed by atoms with Crippen molar-refractivity contribution in [3.63, 3.8) is 0 Å². The molecule has 0 aromatic carbocycles. The molecule has 5 nitrogen and oxygen atoms in total. The molecule has 3 unspecified atom stereocenters. The molecule has 3 atom stereocenters. The Bertz CT molecular complexity index is 273. The molecule has 0 aromatic heterocycles. The molecule has 1 aliphatic rings. The van der Waals surface area contributed by atoms with Crippen LogP contribution in [0.15, 0.2) is 0 Å². The van der Waals surface area contributed by atoms with E-state index in [1.165, 1.54) is 0 Å². The fourth-order valence-corrected chi connectivity index (χ4v) is 2.58. The first-order chi connectivity index (χ1) is 8.54. The Morgan fingerprint density at radius 1 is 1.56 bits per heavy atom. The molecule has 106 valence electrons. The van der Waals surface area contributed by atoms with E-state index in [0.29, 0.717) is 19.6 Å². The van der Waals surface area contributed by atoms with Gasteiger partial charge in [0.25, 0.3) is 0 Å². The summed E-state index contributed by atoms with van der Waals surface area (Å²) in [5.74, 6) is -0.270. The highest BCUT2D eigenvalue weighted by Crippen LogP contribution is 2.32. The quantitative estimate of drug-likeness (QED) is 0.676. The van der Waals surface area contributed by atoms with Gasteiger partial charge in [-0.2, -0.15) is 0 Å². The number of nitrogens with one attached hydrogen (secondary N) is 1. The van der Waals surface area contributed by atoms with Crippen molar-refractivity contribution in [1.82, 2.24) is 5.32 Å². The molecule has 0 bridgehead atoms. The standard InChI is InChI=1S/C13H26N2O3/c1-4-15-13(12(14)16)7-6-11(8-13)18-10(3)9-17-5-2/h10-11,15H,4-9H2,1-3H3,(H2,14,16). The van der Waals surface area contributed by atoms with Gasteiger partial charge in [0.1, 0.15) is 5.54 Å². The highest BCUT2D eigenvalue weighted by atomic mass is 16.5. The van der Waals surface area contributed by atoms with Gasteiger partial charge < -0.3 is 20.5 Å². The van der Waals surface area contributed by atoms with E-state index < -0.39 is 5.54 Å². The lowest BCUT2D eigenvalue weighted by atomic mass is 9.96. The van der Waals surface area contributed by atoms with Crippen molar-refractivity contribution in [2.24, 2.45) is 5.73 Å². The lowest BCUT2D eigenvalue weighted by Crippen LogP contribution is -2.54. The van der Waals surface area contributed by atoms with Crippen molar-refractivity contribution in [3.05, 3.63) is 0 Å². The zero-order valence-corrected chi connectivity index (χ0v) is 11.7. The van der Waals surface area contributed by atoms with Crippen LogP contribution in [0.1, 0.15) is 40.0 Å². The third-order valence-corrected chi connectivity index (χ3v) is 3.44. The van der Waals surface area contributed by atoms with Gasteiger partial charge in [0.2, 0.25) is 5.91 Å². The number of primary amides is 1. The predicted molar refractivity (Wildman–Crippen MR) is 70.3 cm³/mol. The fourth-order valence-electron chi connectivity index (χ4n) is 2.58. The predicted octanol–water partition coefficient (Wildman–Crippen LogP) is 0.814. The number of carbonyl (C=O) groups excluding carboxylic acids is 1. The minimum atomic E-state index is -0.579. The number of amides is 1. The van der Waals surface area contributed by atoms with E-state index in [1.807, 2.05) is 20.8 Å². The molecule has 0 aromatic rings. The third kappa shape index (κ3) is 3.93. The van der Waals surface area contributed by atoms with Gasteiger partial charge in [-0.3, -0.25) is 4.79 Å². The number of carbonyl (C=O) groups is 1. The van der Waals surface area contributed by atoms with Crippen LogP contribution >= 0.6 is 0 Å². The highest BCUT2D eigenvalue weighted by molar-refractivity contribution is 5.85. The molecule has 1 aliphatic carbocycles. The van der Waals surface area contributed by atoms with Crippen LogP contribution in [0.2, 0.25) is 0 Å². The molecule has 0 heterocycles. The van der Waals surface area contributed by atoms with Crippen LogP contribution in [-0.4, -0.2) is 43.4 Å². The van der Waals surface area contributed by atoms with Crippen LogP contribution in [0.3, 0.4) is 0 Å². The molecule has 18 heavy (non-hydrogen) atoms. The van der Waals surface area contributed by atoms with Gasteiger partial charge >= 0.3 is 0 Å². The van der Waals surface area contributed by atoms with E-state index in [1.54, 1.807) is 0 Å². The fraction of sp³-hybridized carbons (Fsp3) is 0.923. The van der Waals surface area contributed by atoms with Crippen molar-refractivity contribution in [1.29, 1.82) is 0 Å². The van der Waals surface area contributed by atoms with Crippen molar-refractivity contribution >= 4 is 5.91 Å². The molecule has 0 saturated heterocycles. The minimum absolute atomic E-state index is 0.0558. The lowest BCUT2D eigenvalue weighted by Gasteiger charge is -2.27. The number of nitrogens with two attached hydrogens (primary N) is 1. The molecule has 1 saturated carbocycles. The Hall–Kier alpha value is -0.650. The number of hydrogen-bond donors (Lipinski definition) is 2. The second-order valence-electron chi connectivity index (χ2n) is 4.95. The molecular formula is C13H26N2O3. The van der Waals surface area contributed by atoms with E-state index in [2.05, 4.69) is 5.32 Å². The first-order valence-corrected chi connectivity index (χ1v) is 6.82. The Kier molecular flexibility index (Phi) is 6.05. The van der Waals surface area contributed by atoms with E-state index in [4.69, 9.17) is 15.2 Å². The van der Waals surface area contributed by atoms with Gasteiger partial charge in [0, 0.05) is 13.0 Å². The summed E-state index contributed by atoms with van der Waals surface area (Å²) in [5.41, 5.74) is 4.93. The van der Waals surface area contributed by atoms with E-state index in [-0.39, 0.29) is 18.1 Å². The van der Waals surface area contributed by atoms with E-state index >= 15 is 0 Å². The van der Waals surface area contributed by atoms with Gasteiger partial charge in [-0.1, -0.05) is 6.92 Å². The molecule has 5 heteroatoms. The second kappa shape index (κ2) is 7.07. The summed E-state index contributed by atoms with van der Waals surface area (Å²) < 4.78 is 11.2. The summed E-state index contributed by atoms with van der Waals surface area (Å²) in [6.45, 7) is 7.97. The first kappa shape index (κ1) is 15.4. The highest BCUT2D eigenvalue weighted by Gasteiger charge is 2.44. The first-order valence-electron chi connectivity index (χ1n) is 6.82. The van der Waals surface area contributed by atoms with Crippen molar-refractivity contribution in [2.75, 3.05) is 19.8 Å². The monoisotopic (exact) mass is 258 g/mol. The molecule has 0 spiro atoms. The smallest absolute Gasteiger partial charge is 0.237 e. The zero-order chi connectivity index (χ0) is 13.6. The van der Waals surface area contributed by atoms with Crippen LogP contribution in [0.4, 0.5) is 0 Å². The molecule has 3 N–H and O–H groups in total. The minimum Gasteiger partial charge on any atom is -0.379 e. The third-order valence-electron chi connectivity index (χ3n) is 3.44. The summed E-state index contributed by atoms with van der Waals surface area (Å²) in [4.78, 5) is 11.6. The molecule has 0 radical (unpaired) electrons. The largest absolute Gasteiger partial charge is 0.379 e.